The summed E-state index contributed by atoms with van der Waals surface area (Å²) in [7, 11) is 0. The van der Waals surface area contributed by atoms with Crippen LogP contribution in [0.5, 0.6) is 0 Å². The van der Waals surface area contributed by atoms with Crippen molar-refractivity contribution >= 4 is 28.2 Å². The third-order valence-corrected chi connectivity index (χ3v) is 5.08. The van der Waals surface area contributed by atoms with Crippen molar-refractivity contribution in [2.24, 2.45) is 0 Å². The van der Waals surface area contributed by atoms with E-state index < -0.39 is 4.92 Å². The van der Waals surface area contributed by atoms with E-state index in [-0.39, 0.29) is 22.9 Å². The monoisotopic (exact) mass is 360 g/mol. The number of thiophene rings is 1. The van der Waals surface area contributed by atoms with Crippen molar-refractivity contribution in [1.82, 2.24) is 15.2 Å². The molecule has 3 rings (SSSR count). The Bertz CT molecular complexity index is 784. The zero-order chi connectivity index (χ0) is 17.8. The van der Waals surface area contributed by atoms with Gasteiger partial charge in [0.15, 0.2) is 0 Å². The Hall–Kier alpha value is -2.81. The molecule has 0 radical (unpaired) electrons. The van der Waals surface area contributed by atoms with Crippen LogP contribution < -0.4 is 5.32 Å². The molecule has 1 fully saturated rings. The van der Waals surface area contributed by atoms with Gasteiger partial charge in [-0.15, -0.1) is 0 Å². The molecule has 9 heteroatoms. The lowest BCUT2D eigenvalue weighted by Crippen LogP contribution is -2.46. The number of hydrogen-bond donors (Lipinski definition) is 1. The van der Waals surface area contributed by atoms with Gasteiger partial charge >= 0.3 is 5.00 Å². The van der Waals surface area contributed by atoms with Crippen molar-refractivity contribution in [3.05, 3.63) is 57.2 Å². The molecule has 0 atom stereocenters. The molecule has 1 aliphatic rings. The van der Waals surface area contributed by atoms with E-state index in [1.165, 1.54) is 12.1 Å². The number of hydrogen-bond acceptors (Lipinski definition) is 6. The van der Waals surface area contributed by atoms with Crippen LogP contribution in [0.3, 0.4) is 0 Å². The van der Waals surface area contributed by atoms with Gasteiger partial charge in [0.25, 0.3) is 11.8 Å². The molecule has 1 N–H and O–H groups in total. The quantitative estimate of drug-likeness (QED) is 0.664. The van der Waals surface area contributed by atoms with Crippen LogP contribution in [0.15, 0.2) is 36.7 Å². The normalized spacial score (nSPS) is 15.0. The van der Waals surface area contributed by atoms with Gasteiger partial charge in [-0.05, 0) is 31.0 Å². The first-order chi connectivity index (χ1) is 12.0. The molecule has 3 heterocycles. The summed E-state index contributed by atoms with van der Waals surface area (Å²) >= 11 is 0.859. The Morgan fingerprint density at radius 1 is 1.20 bits per heavy atom. The lowest BCUT2D eigenvalue weighted by molar-refractivity contribution is -0.380. The minimum absolute atomic E-state index is 0.0407. The number of nitro groups is 1. The van der Waals surface area contributed by atoms with E-state index in [1.54, 1.807) is 29.4 Å². The van der Waals surface area contributed by atoms with Crippen molar-refractivity contribution in [1.29, 1.82) is 0 Å². The number of piperidine rings is 1. The first kappa shape index (κ1) is 17.0. The fraction of sp³-hybridized carbons (Fsp3) is 0.312. The summed E-state index contributed by atoms with van der Waals surface area (Å²) in [6.45, 7) is 1.10. The summed E-state index contributed by atoms with van der Waals surface area (Å²) in [4.78, 5) is 40.7. The van der Waals surface area contributed by atoms with Crippen LogP contribution in [0.2, 0.25) is 0 Å². The molecule has 8 nitrogen and oxygen atoms in total. The summed E-state index contributed by atoms with van der Waals surface area (Å²) < 4.78 is 0. The van der Waals surface area contributed by atoms with E-state index in [1.807, 2.05) is 0 Å². The van der Waals surface area contributed by atoms with E-state index in [4.69, 9.17) is 0 Å². The maximum Gasteiger partial charge on any atom is 0.324 e. The fourth-order valence-corrected chi connectivity index (χ4v) is 3.43. The molecule has 0 unspecified atom stereocenters. The SMILES string of the molecule is O=C(NC1CCN(C(=O)c2ccncc2)CC1)c1ccc([N+](=O)[O-])s1. The number of aromatic nitrogens is 1. The van der Waals surface area contributed by atoms with Gasteiger partial charge in [-0.1, -0.05) is 11.3 Å². The molecule has 0 aromatic carbocycles. The summed E-state index contributed by atoms with van der Waals surface area (Å²) in [5.74, 6) is -0.349. The van der Waals surface area contributed by atoms with Crippen molar-refractivity contribution in [3.8, 4) is 0 Å². The van der Waals surface area contributed by atoms with Crippen LogP contribution in [0.25, 0.3) is 0 Å². The highest BCUT2D eigenvalue weighted by molar-refractivity contribution is 7.17. The van der Waals surface area contributed by atoms with Crippen LogP contribution in [0.4, 0.5) is 5.00 Å². The van der Waals surface area contributed by atoms with E-state index in [0.717, 1.165) is 11.3 Å². The number of carbonyl (C=O) groups is 2. The Balaban J connectivity index is 1.53. The van der Waals surface area contributed by atoms with E-state index in [9.17, 15) is 19.7 Å². The number of nitrogens with zero attached hydrogens (tertiary/aromatic N) is 3. The third kappa shape index (κ3) is 4.00. The fourth-order valence-electron chi connectivity index (χ4n) is 2.71. The minimum Gasteiger partial charge on any atom is -0.348 e. The van der Waals surface area contributed by atoms with Gasteiger partial charge in [0.05, 0.1) is 9.80 Å². The molecule has 25 heavy (non-hydrogen) atoms. The molecule has 130 valence electrons. The summed E-state index contributed by atoms with van der Waals surface area (Å²) in [6, 6.07) is 6.10. The lowest BCUT2D eigenvalue weighted by Gasteiger charge is -2.32. The van der Waals surface area contributed by atoms with Crippen LogP contribution in [-0.4, -0.2) is 45.8 Å². The van der Waals surface area contributed by atoms with Crippen molar-refractivity contribution < 1.29 is 14.5 Å². The lowest BCUT2D eigenvalue weighted by atomic mass is 10.0. The molecular formula is C16H16N4O4S. The first-order valence-corrected chi connectivity index (χ1v) is 8.60. The predicted molar refractivity (Wildman–Crippen MR) is 91.6 cm³/mol. The van der Waals surface area contributed by atoms with Crippen molar-refractivity contribution in [2.75, 3.05) is 13.1 Å². The average Bonchev–Trinajstić information content (AvgIpc) is 3.13. The Labute approximate surface area is 147 Å². The summed E-state index contributed by atoms with van der Waals surface area (Å²) in [5.41, 5.74) is 0.600. The maximum atomic E-state index is 12.4. The zero-order valence-corrected chi connectivity index (χ0v) is 14.1. The number of nitrogens with one attached hydrogen (secondary N) is 1. The van der Waals surface area contributed by atoms with Gasteiger partial charge in [0, 0.05) is 43.2 Å². The molecule has 1 aliphatic heterocycles. The Morgan fingerprint density at radius 3 is 2.48 bits per heavy atom. The Kier molecular flexibility index (Phi) is 5.03. The number of likely N-dealkylation sites (tertiary alicyclic amines) is 1. The molecule has 0 bridgehead atoms. The van der Waals surface area contributed by atoms with E-state index in [0.29, 0.717) is 36.4 Å². The van der Waals surface area contributed by atoms with Gasteiger partial charge < -0.3 is 10.2 Å². The molecule has 0 aliphatic carbocycles. The van der Waals surface area contributed by atoms with Crippen molar-refractivity contribution in [2.45, 2.75) is 18.9 Å². The number of amides is 2. The van der Waals surface area contributed by atoms with Crippen LogP contribution >= 0.6 is 11.3 Å². The molecule has 0 saturated carbocycles. The van der Waals surface area contributed by atoms with Crippen LogP contribution in [0.1, 0.15) is 32.9 Å². The second-order valence-corrected chi connectivity index (χ2v) is 6.73. The van der Waals surface area contributed by atoms with Gasteiger partial charge in [0.1, 0.15) is 0 Å². The smallest absolute Gasteiger partial charge is 0.324 e. The standard InChI is InChI=1S/C16H16N4O4S/c21-15(13-1-2-14(25-13)20(23)24)18-12-5-9-19(10-6-12)16(22)11-3-7-17-8-4-11/h1-4,7-8,12H,5-6,9-10H2,(H,18,21). The molecule has 2 amide bonds. The first-order valence-electron chi connectivity index (χ1n) is 7.79. The topological polar surface area (TPSA) is 105 Å². The average molecular weight is 360 g/mol. The van der Waals surface area contributed by atoms with Crippen LogP contribution in [-0.2, 0) is 0 Å². The van der Waals surface area contributed by atoms with Crippen molar-refractivity contribution in [3.63, 3.8) is 0 Å². The zero-order valence-electron chi connectivity index (χ0n) is 13.3. The van der Waals surface area contributed by atoms with Gasteiger partial charge in [-0.3, -0.25) is 24.7 Å². The second kappa shape index (κ2) is 7.39. The molecule has 2 aromatic heterocycles. The number of pyridine rings is 1. The number of rotatable bonds is 4. The highest BCUT2D eigenvalue weighted by Gasteiger charge is 2.25. The van der Waals surface area contributed by atoms with Crippen LogP contribution in [0, 0.1) is 10.1 Å². The van der Waals surface area contributed by atoms with Gasteiger partial charge in [-0.25, -0.2) is 0 Å². The second-order valence-electron chi connectivity index (χ2n) is 5.67. The Morgan fingerprint density at radius 2 is 1.88 bits per heavy atom. The molecule has 0 spiro atoms. The highest BCUT2D eigenvalue weighted by atomic mass is 32.1. The number of carbonyl (C=O) groups excluding carboxylic acids is 2. The molecule has 2 aromatic rings. The van der Waals surface area contributed by atoms with E-state index in [2.05, 4.69) is 10.3 Å². The van der Waals surface area contributed by atoms with Gasteiger partial charge in [0.2, 0.25) is 0 Å². The predicted octanol–water partition coefficient (Wildman–Crippen LogP) is 2.09. The summed E-state index contributed by atoms with van der Waals surface area (Å²) in [5, 5.41) is 13.5. The summed E-state index contributed by atoms with van der Waals surface area (Å²) in [6.07, 6.45) is 4.47. The maximum absolute atomic E-state index is 12.4. The van der Waals surface area contributed by atoms with Gasteiger partial charge in [-0.2, -0.15) is 0 Å². The molecule has 1 saturated heterocycles. The third-order valence-electron chi connectivity index (χ3n) is 4.04. The van der Waals surface area contributed by atoms with E-state index >= 15 is 0 Å². The molecular weight excluding hydrogens is 344 g/mol. The highest BCUT2D eigenvalue weighted by Crippen LogP contribution is 2.24. The largest absolute Gasteiger partial charge is 0.348 e. The minimum atomic E-state index is -0.509.